The summed E-state index contributed by atoms with van der Waals surface area (Å²) in [5.41, 5.74) is 0. The Morgan fingerprint density at radius 1 is 1.35 bits per heavy atom. The van der Waals surface area contributed by atoms with Gasteiger partial charge in [0.25, 0.3) is 0 Å². The number of carboxylic acid groups (broad SMARTS) is 1. The van der Waals surface area contributed by atoms with Crippen LogP contribution in [0.25, 0.3) is 0 Å². The van der Waals surface area contributed by atoms with Crippen molar-refractivity contribution in [3.8, 4) is 0 Å². The molecule has 2 fully saturated rings. The monoisotopic (exact) mass is 283 g/mol. The second-order valence-corrected chi connectivity index (χ2v) is 6.12. The van der Waals surface area contributed by atoms with Crippen LogP contribution in [-0.4, -0.2) is 72.2 Å². The minimum absolute atomic E-state index is 0.390. The minimum Gasteiger partial charge on any atom is -0.480 e. The first kappa shape index (κ1) is 15.7. The van der Waals surface area contributed by atoms with Gasteiger partial charge in [-0.15, -0.1) is 0 Å². The van der Waals surface area contributed by atoms with Gasteiger partial charge >= 0.3 is 5.97 Å². The number of fused-ring (bicyclic) bond motifs is 1. The SMILES string of the molecule is CCCNC(CCN1CCN2CCCCC2C1)C(=O)O. The first-order valence-electron chi connectivity index (χ1n) is 8.13. The molecule has 0 saturated carbocycles. The number of carbonyl (C=O) groups is 1. The lowest BCUT2D eigenvalue weighted by Gasteiger charge is -2.44. The first-order chi connectivity index (χ1) is 9.70. The van der Waals surface area contributed by atoms with Gasteiger partial charge < -0.3 is 15.3 Å². The molecule has 2 N–H and O–H groups in total. The van der Waals surface area contributed by atoms with Gasteiger partial charge in [0.15, 0.2) is 0 Å². The quantitative estimate of drug-likeness (QED) is 0.730. The van der Waals surface area contributed by atoms with E-state index in [1.807, 2.05) is 0 Å². The van der Waals surface area contributed by atoms with Crippen LogP contribution in [0.4, 0.5) is 0 Å². The van der Waals surface area contributed by atoms with E-state index in [1.54, 1.807) is 0 Å². The normalized spacial score (nSPS) is 26.1. The third-order valence-electron chi connectivity index (χ3n) is 4.59. The number of nitrogens with one attached hydrogen (secondary N) is 1. The maximum absolute atomic E-state index is 11.2. The highest BCUT2D eigenvalue weighted by Gasteiger charge is 2.29. The Morgan fingerprint density at radius 3 is 2.95 bits per heavy atom. The number of aliphatic carboxylic acids is 1. The zero-order valence-electron chi connectivity index (χ0n) is 12.7. The first-order valence-corrected chi connectivity index (χ1v) is 8.13. The molecule has 0 amide bonds. The Hall–Kier alpha value is -0.650. The standard InChI is InChI=1S/C15H29N3O2/c1-2-7-16-14(15(19)20)6-9-17-10-11-18-8-4-3-5-13(18)12-17/h13-14,16H,2-12H2,1H3,(H,19,20). The van der Waals surface area contributed by atoms with E-state index in [9.17, 15) is 9.90 Å². The number of rotatable bonds is 7. The smallest absolute Gasteiger partial charge is 0.320 e. The van der Waals surface area contributed by atoms with Gasteiger partial charge in [-0.2, -0.15) is 0 Å². The van der Waals surface area contributed by atoms with E-state index in [4.69, 9.17) is 0 Å². The van der Waals surface area contributed by atoms with Gasteiger partial charge in [0.05, 0.1) is 0 Å². The average Bonchev–Trinajstić information content (AvgIpc) is 2.46. The maximum Gasteiger partial charge on any atom is 0.320 e. The zero-order valence-corrected chi connectivity index (χ0v) is 12.7. The number of nitrogens with zero attached hydrogens (tertiary/aromatic N) is 2. The summed E-state index contributed by atoms with van der Waals surface area (Å²) in [7, 11) is 0. The molecule has 116 valence electrons. The molecule has 0 aromatic rings. The lowest BCUT2D eigenvalue weighted by Crippen LogP contribution is -2.55. The topological polar surface area (TPSA) is 55.8 Å². The van der Waals surface area contributed by atoms with E-state index < -0.39 is 5.97 Å². The Kier molecular flexibility index (Phi) is 6.26. The summed E-state index contributed by atoms with van der Waals surface area (Å²) in [5, 5.41) is 12.4. The van der Waals surface area contributed by atoms with Crippen LogP contribution < -0.4 is 5.32 Å². The fourth-order valence-electron chi connectivity index (χ4n) is 3.37. The minimum atomic E-state index is -0.713. The van der Waals surface area contributed by atoms with E-state index in [1.165, 1.54) is 25.8 Å². The Morgan fingerprint density at radius 2 is 2.20 bits per heavy atom. The molecule has 5 nitrogen and oxygen atoms in total. The molecule has 2 heterocycles. The van der Waals surface area contributed by atoms with Crippen LogP contribution in [0.5, 0.6) is 0 Å². The lowest BCUT2D eigenvalue weighted by molar-refractivity contribution is -0.139. The van der Waals surface area contributed by atoms with E-state index in [0.717, 1.165) is 39.1 Å². The molecule has 2 rings (SSSR count). The van der Waals surface area contributed by atoms with E-state index in [2.05, 4.69) is 22.0 Å². The van der Waals surface area contributed by atoms with E-state index in [0.29, 0.717) is 12.5 Å². The number of carboxylic acids is 1. The van der Waals surface area contributed by atoms with Crippen molar-refractivity contribution in [3.63, 3.8) is 0 Å². The average molecular weight is 283 g/mol. The molecule has 0 aliphatic carbocycles. The summed E-state index contributed by atoms with van der Waals surface area (Å²) in [6, 6.07) is 0.323. The number of piperazine rings is 1. The molecule has 0 spiro atoms. The fourth-order valence-corrected chi connectivity index (χ4v) is 3.37. The number of piperidine rings is 1. The molecule has 2 aliphatic heterocycles. The van der Waals surface area contributed by atoms with Crippen molar-refractivity contribution in [2.45, 2.75) is 51.1 Å². The highest BCUT2D eigenvalue weighted by atomic mass is 16.4. The zero-order chi connectivity index (χ0) is 14.4. The molecule has 20 heavy (non-hydrogen) atoms. The van der Waals surface area contributed by atoms with Crippen molar-refractivity contribution in [2.24, 2.45) is 0 Å². The van der Waals surface area contributed by atoms with Crippen molar-refractivity contribution < 1.29 is 9.90 Å². The van der Waals surface area contributed by atoms with Gasteiger partial charge in [0.2, 0.25) is 0 Å². The summed E-state index contributed by atoms with van der Waals surface area (Å²) < 4.78 is 0. The molecule has 2 saturated heterocycles. The summed E-state index contributed by atoms with van der Waals surface area (Å²) >= 11 is 0. The maximum atomic E-state index is 11.2. The number of hydrogen-bond acceptors (Lipinski definition) is 4. The van der Waals surface area contributed by atoms with Crippen molar-refractivity contribution >= 4 is 5.97 Å². The van der Waals surface area contributed by atoms with E-state index >= 15 is 0 Å². The Bertz CT molecular complexity index is 311. The highest BCUT2D eigenvalue weighted by Crippen LogP contribution is 2.21. The molecule has 0 aromatic carbocycles. The fraction of sp³-hybridized carbons (Fsp3) is 0.933. The third-order valence-corrected chi connectivity index (χ3v) is 4.59. The molecular weight excluding hydrogens is 254 g/mol. The summed E-state index contributed by atoms with van der Waals surface area (Å²) in [6.45, 7) is 8.38. The molecule has 0 radical (unpaired) electrons. The van der Waals surface area contributed by atoms with Gasteiger partial charge in [-0.3, -0.25) is 9.69 Å². The van der Waals surface area contributed by atoms with Gasteiger partial charge in [0, 0.05) is 32.2 Å². The molecule has 2 unspecified atom stereocenters. The van der Waals surface area contributed by atoms with Crippen molar-refractivity contribution in [2.75, 3.05) is 39.3 Å². The summed E-state index contributed by atoms with van der Waals surface area (Å²) in [6.07, 6.45) is 5.70. The van der Waals surface area contributed by atoms with Gasteiger partial charge in [-0.1, -0.05) is 13.3 Å². The van der Waals surface area contributed by atoms with E-state index in [-0.39, 0.29) is 6.04 Å². The van der Waals surface area contributed by atoms with Crippen molar-refractivity contribution in [1.29, 1.82) is 0 Å². The number of hydrogen-bond donors (Lipinski definition) is 2. The second kappa shape index (κ2) is 7.96. The van der Waals surface area contributed by atoms with Crippen molar-refractivity contribution in [3.05, 3.63) is 0 Å². The van der Waals surface area contributed by atoms with Crippen LogP contribution in [0.15, 0.2) is 0 Å². The predicted molar refractivity (Wildman–Crippen MR) is 80.0 cm³/mol. The van der Waals surface area contributed by atoms with Crippen LogP contribution in [0.3, 0.4) is 0 Å². The molecule has 0 aromatic heterocycles. The molecule has 2 aliphatic rings. The van der Waals surface area contributed by atoms with Crippen LogP contribution in [0.2, 0.25) is 0 Å². The Balaban J connectivity index is 1.74. The third kappa shape index (κ3) is 4.43. The van der Waals surface area contributed by atoms with Gasteiger partial charge in [-0.05, 0) is 38.8 Å². The molecule has 0 bridgehead atoms. The molecule has 2 atom stereocenters. The highest BCUT2D eigenvalue weighted by molar-refractivity contribution is 5.73. The second-order valence-electron chi connectivity index (χ2n) is 6.12. The van der Waals surface area contributed by atoms with Crippen LogP contribution in [0, 0.1) is 0 Å². The lowest BCUT2D eigenvalue weighted by atomic mass is 9.99. The predicted octanol–water partition coefficient (Wildman–Crippen LogP) is 0.999. The molecule has 5 heteroatoms. The molecular formula is C15H29N3O2. The van der Waals surface area contributed by atoms with Gasteiger partial charge in [0.1, 0.15) is 6.04 Å². The summed E-state index contributed by atoms with van der Waals surface area (Å²) in [4.78, 5) is 16.3. The van der Waals surface area contributed by atoms with Gasteiger partial charge in [-0.25, -0.2) is 0 Å². The largest absolute Gasteiger partial charge is 0.480 e. The Labute approximate surface area is 122 Å². The van der Waals surface area contributed by atoms with Crippen molar-refractivity contribution in [1.82, 2.24) is 15.1 Å². The van der Waals surface area contributed by atoms with Crippen LogP contribution in [0.1, 0.15) is 39.0 Å². The summed E-state index contributed by atoms with van der Waals surface area (Å²) in [5.74, 6) is -0.713. The van der Waals surface area contributed by atoms with Crippen LogP contribution >= 0.6 is 0 Å². The van der Waals surface area contributed by atoms with Crippen LogP contribution in [-0.2, 0) is 4.79 Å².